The molecular formula is C28H33N3O9S2. The summed E-state index contributed by atoms with van der Waals surface area (Å²) in [6.45, 7) is 1.19. The van der Waals surface area contributed by atoms with E-state index in [1.165, 1.54) is 34.8 Å². The smallest absolute Gasteiger partial charge is 0.319 e. The average Bonchev–Trinajstić information content (AvgIpc) is 3.36. The highest BCUT2D eigenvalue weighted by Gasteiger charge is 2.44. The molecule has 2 aliphatic rings. The largest absolute Gasteiger partial charge is 0.491 e. The Kier molecular flexibility index (Phi) is 8.83. The lowest BCUT2D eigenvalue weighted by atomic mass is 9.88. The van der Waals surface area contributed by atoms with E-state index in [2.05, 4.69) is 10.3 Å². The van der Waals surface area contributed by atoms with Gasteiger partial charge in [-0.3, -0.25) is 9.78 Å². The molecule has 3 heterocycles. The fraction of sp³-hybridized carbons (Fsp3) is 0.429. The number of hydrogen-bond acceptors (Lipinski definition) is 10. The molecule has 2 aliphatic heterocycles. The number of benzene rings is 2. The summed E-state index contributed by atoms with van der Waals surface area (Å²) in [6, 6.07) is 14.5. The Balaban J connectivity index is 1.08. The number of ether oxygens (including phenoxy) is 2. The molecule has 0 saturated carbocycles. The van der Waals surface area contributed by atoms with Crippen molar-refractivity contribution in [2.45, 2.75) is 46.8 Å². The summed E-state index contributed by atoms with van der Waals surface area (Å²) in [5, 5.41) is 23.3. The summed E-state index contributed by atoms with van der Waals surface area (Å²) >= 11 is 0. The standard InChI is InChI=1S/C28H33N3O9S2/c32-22(18-39-23-5-3-6-24(13-23)41(35,36)19-27(33)34)15-29-21-14-28(40-17-21)8-10-31(11-9-28)42(37,38)25-12-20-4-1-2-7-26(20)30-16-25/h1-7,12-13,16,21-22,29,32H,8-11,14-15,17-19H2,(H,33,34)/t21-,22+/m1/s1. The van der Waals surface area contributed by atoms with Gasteiger partial charge in [0.05, 0.1) is 22.6 Å². The van der Waals surface area contributed by atoms with Crippen LogP contribution in [0.1, 0.15) is 19.3 Å². The van der Waals surface area contributed by atoms with Crippen LogP contribution >= 0.6 is 0 Å². The molecule has 42 heavy (non-hydrogen) atoms. The Morgan fingerprint density at radius 1 is 1.10 bits per heavy atom. The molecule has 0 bridgehead atoms. The number of aliphatic hydroxyl groups excluding tert-OH is 1. The van der Waals surface area contributed by atoms with Crippen LogP contribution in [0.15, 0.2) is 70.6 Å². The van der Waals surface area contributed by atoms with Gasteiger partial charge in [-0.1, -0.05) is 24.3 Å². The van der Waals surface area contributed by atoms with Crippen LogP contribution in [0.3, 0.4) is 0 Å². The Labute approximate surface area is 244 Å². The lowest BCUT2D eigenvalue weighted by molar-refractivity contribution is -0.134. The monoisotopic (exact) mass is 619 g/mol. The maximum atomic E-state index is 13.3. The van der Waals surface area contributed by atoms with E-state index >= 15 is 0 Å². The lowest BCUT2D eigenvalue weighted by Gasteiger charge is -2.38. The van der Waals surface area contributed by atoms with Gasteiger partial charge in [0, 0.05) is 37.3 Å². The van der Waals surface area contributed by atoms with Crippen molar-refractivity contribution in [3.63, 3.8) is 0 Å². The van der Waals surface area contributed by atoms with E-state index < -0.39 is 43.3 Å². The first-order chi connectivity index (χ1) is 20.0. The third-order valence-corrected chi connectivity index (χ3v) is 11.1. The first-order valence-corrected chi connectivity index (χ1v) is 16.6. The number of piperidine rings is 1. The molecule has 14 heteroatoms. The molecule has 0 unspecified atom stereocenters. The Morgan fingerprint density at radius 2 is 1.86 bits per heavy atom. The molecule has 0 amide bonds. The SMILES string of the molecule is O=C(O)CS(=O)(=O)c1cccc(OC[C@@H](O)CN[C@H]2COC3(CCN(S(=O)(=O)c4cnc5ccccc5c4)CC3)C2)c1. The van der Waals surface area contributed by atoms with Crippen LogP contribution in [0, 0.1) is 0 Å². The summed E-state index contributed by atoms with van der Waals surface area (Å²) in [6.07, 6.45) is 2.29. The highest BCUT2D eigenvalue weighted by molar-refractivity contribution is 7.92. The van der Waals surface area contributed by atoms with Crippen molar-refractivity contribution in [3.8, 4) is 5.75 Å². The number of carbonyl (C=O) groups is 1. The molecule has 5 rings (SSSR count). The molecule has 1 spiro atoms. The maximum absolute atomic E-state index is 13.3. The molecule has 3 aromatic rings. The first kappa shape index (κ1) is 30.3. The van der Waals surface area contributed by atoms with Crippen molar-refractivity contribution >= 4 is 36.7 Å². The normalized spacial score (nSPS) is 20.1. The zero-order valence-corrected chi connectivity index (χ0v) is 24.4. The summed E-state index contributed by atoms with van der Waals surface area (Å²) in [5.41, 5.74) is 0.301. The number of hydrogen-bond donors (Lipinski definition) is 3. The number of sulfone groups is 1. The first-order valence-electron chi connectivity index (χ1n) is 13.5. The fourth-order valence-corrected chi connectivity index (χ4v) is 7.85. The average molecular weight is 620 g/mol. The second kappa shape index (κ2) is 12.2. The summed E-state index contributed by atoms with van der Waals surface area (Å²) in [4.78, 5) is 15.1. The summed E-state index contributed by atoms with van der Waals surface area (Å²) < 4.78 is 64.0. The number of nitrogens with zero attached hydrogens (tertiary/aromatic N) is 2. The van der Waals surface area contributed by atoms with Crippen LogP contribution in [-0.2, 0) is 29.4 Å². The van der Waals surface area contributed by atoms with E-state index in [0.717, 1.165) is 10.9 Å². The molecule has 2 saturated heterocycles. The second-order valence-electron chi connectivity index (χ2n) is 10.7. The van der Waals surface area contributed by atoms with E-state index in [1.54, 1.807) is 6.07 Å². The topological polar surface area (TPSA) is 172 Å². The molecule has 2 atom stereocenters. The number of aromatic nitrogens is 1. The van der Waals surface area contributed by atoms with Crippen LogP contribution < -0.4 is 10.1 Å². The van der Waals surface area contributed by atoms with Crippen molar-refractivity contribution in [2.75, 3.05) is 38.6 Å². The molecule has 3 N–H and O–H groups in total. The maximum Gasteiger partial charge on any atom is 0.319 e. The molecule has 2 fully saturated rings. The molecule has 0 radical (unpaired) electrons. The molecule has 2 aromatic carbocycles. The number of rotatable bonds is 11. The minimum Gasteiger partial charge on any atom is -0.491 e. The van der Waals surface area contributed by atoms with E-state index in [4.69, 9.17) is 14.6 Å². The quantitative estimate of drug-likeness (QED) is 0.284. The van der Waals surface area contributed by atoms with Gasteiger partial charge < -0.3 is 25.0 Å². The number of nitrogens with one attached hydrogen (secondary N) is 1. The minimum absolute atomic E-state index is 0.0306. The number of para-hydroxylation sites is 1. The Hall–Kier alpha value is -3.14. The number of aliphatic carboxylic acids is 1. The third-order valence-electron chi connectivity index (χ3n) is 7.61. The van der Waals surface area contributed by atoms with Crippen LogP contribution in [-0.4, -0.2) is 98.7 Å². The van der Waals surface area contributed by atoms with E-state index in [-0.39, 0.29) is 34.7 Å². The van der Waals surface area contributed by atoms with Crippen LogP contribution in [0.5, 0.6) is 5.75 Å². The molecule has 12 nitrogen and oxygen atoms in total. The van der Waals surface area contributed by atoms with Crippen LogP contribution in [0.25, 0.3) is 10.9 Å². The third kappa shape index (κ3) is 6.90. The van der Waals surface area contributed by atoms with Crippen LogP contribution in [0.2, 0.25) is 0 Å². The highest BCUT2D eigenvalue weighted by Crippen LogP contribution is 2.37. The van der Waals surface area contributed by atoms with Crippen molar-refractivity contribution in [3.05, 3.63) is 60.8 Å². The number of carboxylic acids is 1. The zero-order valence-electron chi connectivity index (χ0n) is 22.8. The Bertz CT molecular complexity index is 1660. The number of pyridine rings is 1. The van der Waals surface area contributed by atoms with Crippen molar-refractivity contribution in [1.29, 1.82) is 0 Å². The number of carboxylic acid groups (broad SMARTS) is 1. The van der Waals surface area contributed by atoms with Gasteiger partial charge in [0.1, 0.15) is 23.4 Å². The van der Waals surface area contributed by atoms with Crippen molar-refractivity contribution < 1.29 is 41.3 Å². The zero-order chi connectivity index (χ0) is 30.0. The van der Waals surface area contributed by atoms with E-state index in [0.29, 0.717) is 39.0 Å². The van der Waals surface area contributed by atoms with Gasteiger partial charge in [-0.25, -0.2) is 16.8 Å². The van der Waals surface area contributed by atoms with E-state index in [9.17, 15) is 26.7 Å². The number of aliphatic hydroxyl groups is 1. The van der Waals surface area contributed by atoms with Gasteiger partial charge >= 0.3 is 5.97 Å². The summed E-state index contributed by atoms with van der Waals surface area (Å²) in [5.74, 6) is -2.27. The number of sulfonamides is 1. The summed E-state index contributed by atoms with van der Waals surface area (Å²) in [7, 11) is -7.68. The van der Waals surface area contributed by atoms with Gasteiger partial charge in [0.2, 0.25) is 10.0 Å². The van der Waals surface area contributed by atoms with Gasteiger partial charge in [0.15, 0.2) is 15.6 Å². The van der Waals surface area contributed by atoms with Crippen molar-refractivity contribution in [1.82, 2.24) is 14.6 Å². The molecule has 1 aromatic heterocycles. The predicted octanol–water partition coefficient (Wildman–Crippen LogP) is 1.43. The predicted molar refractivity (Wildman–Crippen MR) is 152 cm³/mol. The van der Waals surface area contributed by atoms with Gasteiger partial charge in [0.25, 0.3) is 0 Å². The van der Waals surface area contributed by atoms with Crippen LogP contribution in [0.4, 0.5) is 0 Å². The second-order valence-corrected chi connectivity index (χ2v) is 14.6. The fourth-order valence-electron chi connectivity index (χ4n) is 5.36. The molecular weight excluding hydrogens is 586 g/mol. The molecule has 226 valence electrons. The minimum atomic E-state index is -4.00. The van der Waals surface area contributed by atoms with Gasteiger partial charge in [-0.15, -0.1) is 0 Å². The lowest BCUT2D eigenvalue weighted by Crippen LogP contribution is -2.47. The van der Waals surface area contributed by atoms with Crippen molar-refractivity contribution in [2.24, 2.45) is 0 Å². The van der Waals surface area contributed by atoms with E-state index in [1.807, 2.05) is 24.3 Å². The molecule has 0 aliphatic carbocycles. The Morgan fingerprint density at radius 3 is 2.62 bits per heavy atom. The van der Waals surface area contributed by atoms with Gasteiger partial charge in [-0.05, 0) is 49.6 Å². The highest BCUT2D eigenvalue weighted by atomic mass is 32.2. The van der Waals surface area contributed by atoms with Gasteiger partial charge in [-0.2, -0.15) is 4.31 Å². The number of fused-ring (bicyclic) bond motifs is 1.